The highest BCUT2D eigenvalue weighted by Gasteiger charge is 2.59. The highest BCUT2D eigenvalue weighted by atomic mass is 32.2. The lowest BCUT2D eigenvalue weighted by molar-refractivity contribution is -0.140. The van der Waals surface area contributed by atoms with Crippen LogP contribution in [0.15, 0.2) is 47.9 Å². The Kier molecular flexibility index (Phi) is 5.32. The summed E-state index contributed by atoms with van der Waals surface area (Å²) in [5.74, 6) is 0.128. The molecule has 1 aromatic carbocycles. The van der Waals surface area contributed by atoms with Gasteiger partial charge in [-0.2, -0.15) is 4.31 Å². The van der Waals surface area contributed by atoms with Crippen LogP contribution in [-0.4, -0.2) is 73.6 Å². The Morgan fingerprint density at radius 3 is 2.10 bits per heavy atom. The van der Waals surface area contributed by atoms with Gasteiger partial charge in [0.05, 0.1) is 11.8 Å². The van der Waals surface area contributed by atoms with E-state index in [2.05, 4.69) is 17.1 Å². The molecule has 2 bridgehead atoms. The molecule has 2 heterocycles. The van der Waals surface area contributed by atoms with Gasteiger partial charge in [0.15, 0.2) is 0 Å². The maximum absolute atomic E-state index is 12.8. The van der Waals surface area contributed by atoms with E-state index in [-0.39, 0.29) is 35.5 Å². The lowest BCUT2D eigenvalue weighted by Crippen LogP contribution is -2.50. The van der Waals surface area contributed by atoms with Crippen molar-refractivity contribution >= 4 is 27.9 Å². The number of imide groups is 1. The number of piperazine rings is 1. The molecule has 0 N–H and O–H groups in total. The lowest BCUT2D eigenvalue weighted by Gasteiger charge is -2.34. The number of benzene rings is 1. The molecule has 4 unspecified atom stereocenters. The molecule has 2 saturated heterocycles. The van der Waals surface area contributed by atoms with E-state index in [0.717, 1.165) is 12.0 Å². The average Bonchev–Trinajstić information content (AvgIpc) is 3.46. The van der Waals surface area contributed by atoms with Crippen LogP contribution in [0.25, 0.3) is 6.08 Å². The Hall–Kier alpha value is -2.29. The second kappa shape index (κ2) is 8.00. The van der Waals surface area contributed by atoms with Gasteiger partial charge in [0.2, 0.25) is 21.8 Å². The number of sulfonamides is 1. The minimum atomic E-state index is -3.47. The van der Waals surface area contributed by atoms with Crippen LogP contribution < -0.4 is 0 Å². The van der Waals surface area contributed by atoms with E-state index in [1.807, 2.05) is 30.3 Å². The number of allylic oxidation sites excluding steroid dienone is 2. The number of nitrogens with zero attached hydrogens (tertiary/aromatic N) is 3. The van der Waals surface area contributed by atoms with Crippen LogP contribution in [0.3, 0.4) is 0 Å². The fourth-order valence-electron chi connectivity index (χ4n) is 5.45. The number of rotatable bonds is 6. The van der Waals surface area contributed by atoms with Crippen LogP contribution in [0.4, 0.5) is 0 Å². The molecule has 2 aliphatic carbocycles. The van der Waals surface area contributed by atoms with E-state index in [4.69, 9.17) is 0 Å². The molecule has 0 spiro atoms. The molecular weight excluding hydrogens is 414 g/mol. The summed E-state index contributed by atoms with van der Waals surface area (Å²) in [4.78, 5) is 29.2. The van der Waals surface area contributed by atoms with Crippen molar-refractivity contribution in [1.29, 1.82) is 0 Å². The zero-order valence-electron chi connectivity index (χ0n) is 17.3. The van der Waals surface area contributed by atoms with E-state index < -0.39 is 10.0 Å². The van der Waals surface area contributed by atoms with Crippen LogP contribution >= 0.6 is 0 Å². The van der Waals surface area contributed by atoms with Gasteiger partial charge >= 0.3 is 0 Å². The summed E-state index contributed by atoms with van der Waals surface area (Å²) in [6, 6.07) is 9.35. The van der Waals surface area contributed by atoms with Crippen molar-refractivity contribution in [3.8, 4) is 0 Å². The van der Waals surface area contributed by atoms with Crippen molar-refractivity contribution in [3.63, 3.8) is 0 Å². The molecular formula is C23H27N3O4S. The number of amides is 2. The third-order valence-corrected chi connectivity index (χ3v) is 8.69. The Morgan fingerprint density at radius 2 is 1.48 bits per heavy atom. The molecule has 4 aliphatic rings. The summed E-state index contributed by atoms with van der Waals surface area (Å²) < 4.78 is 26.7. The number of hydrogen-bond acceptors (Lipinski definition) is 5. The SMILES string of the molecule is O=C1C2C3C=CC(C3)C2C(=O)N1CCN1CCN(S(=O)(=O)C=Cc2ccccc2)CC1. The molecule has 5 rings (SSSR count). The Morgan fingerprint density at radius 1 is 0.871 bits per heavy atom. The second-order valence-electron chi connectivity index (χ2n) is 8.83. The average molecular weight is 442 g/mol. The second-order valence-corrected chi connectivity index (χ2v) is 10.6. The zero-order valence-corrected chi connectivity index (χ0v) is 18.2. The molecule has 4 atom stereocenters. The zero-order chi connectivity index (χ0) is 21.6. The summed E-state index contributed by atoms with van der Waals surface area (Å²) in [7, 11) is -3.47. The van der Waals surface area contributed by atoms with Gasteiger partial charge in [0, 0.05) is 44.7 Å². The van der Waals surface area contributed by atoms with Crippen molar-refractivity contribution in [3.05, 3.63) is 53.5 Å². The third kappa shape index (κ3) is 3.77. The van der Waals surface area contributed by atoms with Gasteiger partial charge in [0.25, 0.3) is 0 Å². The van der Waals surface area contributed by atoms with Crippen molar-refractivity contribution in [1.82, 2.24) is 14.1 Å². The Balaban J connectivity index is 1.13. The van der Waals surface area contributed by atoms with Crippen molar-refractivity contribution in [2.45, 2.75) is 6.42 Å². The molecule has 31 heavy (non-hydrogen) atoms. The van der Waals surface area contributed by atoms with Crippen LogP contribution in [-0.2, 0) is 19.6 Å². The van der Waals surface area contributed by atoms with Gasteiger partial charge in [-0.15, -0.1) is 0 Å². The first kappa shape index (κ1) is 20.6. The molecule has 164 valence electrons. The highest BCUT2D eigenvalue weighted by Crippen LogP contribution is 2.52. The molecule has 1 saturated carbocycles. The monoisotopic (exact) mass is 441 g/mol. The lowest BCUT2D eigenvalue weighted by atomic mass is 9.85. The van der Waals surface area contributed by atoms with E-state index in [1.165, 1.54) is 14.6 Å². The smallest absolute Gasteiger partial charge is 0.236 e. The molecule has 7 nitrogen and oxygen atoms in total. The quantitative estimate of drug-likeness (QED) is 0.493. The number of carbonyl (C=O) groups excluding carboxylic acids is 2. The number of carbonyl (C=O) groups is 2. The van der Waals surface area contributed by atoms with Gasteiger partial charge in [-0.25, -0.2) is 8.42 Å². The summed E-state index contributed by atoms with van der Waals surface area (Å²) in [6.07, 6.45) is 6.76. The predicted octanol–water partition coefficient (Wildman–Crippen LogP) is 1.41. The van der Waals surface area contributed by atoms with Crippen LogP contribution in [0.1, 0.15) is 12.0 Å². The van der Waals surface area contributed by atoms with Gasteiger partial charge in [-0.05, 0) is 29.9 Å². The fourth-order valence-corrected chi connectivity index (χ4v) is 6.62. The van der Waals surface area contributed by atoms with Crippen molar-refractivity contribution in [2.75, 3.05) is 39.3 Å². The fraction of sp³-hybridized carbons (Fsp3) is 0.478. The van der Waals surface area contributed by atoms with Gasteiger partial charge in [-0.1, -0.05) is 42.5 Å². The number of fused-ring (bicyclic) bond motifs is 5. The summed E-state index contributed by atoms with van der Waals surface area (Å²) in [5.41, 5.74) is 0.845. The minimum Gasteiger partial charge on any atom is -0.299 e. The number of likely N-dealkylation sites (tertiary alicyclic amines) is 1. The largest absolute Gasteiger partial charge is 0.299 e. The summed E-state index contributed by atoms with van der Waals surface area (Å²) >= 11 is 0. The van der Waals surface area contributed by atoms with Crippen LogP contribution in [0.2, 0.25) is 0 Å². The molecule has 8 heteroatoms. The first-order valence-corrected chi connectivity index (χ1v) is 12.4. The van der Waals surface area contributed by atoms with Crippen LogP contribution in [0, 0.1) is 23.7 Å². The third-order valence-electron chi connectivity index (χ3n) is 7.12. The number of hydrogen-bond donors (Lipinski definition) is 0. The molecule has 0 radical (unpaired) electrons. The topological polar surface area (TPSA) is 78.0 Å². The predicted molar refractivity (Wildman–Crippen MR) is 117 cm³/mol. The minimum absolute atomic E-state index is 0.0147. The van der Waals surface area contributed by atoms with E-state index in [9.17, 15) is 18.0 Å². The Labute approximate surface area is 183 Å². The standard InChI is InChI=1S/C23H27N3O4S/c27-22-20-18-6-7-19(16-18)21(20)23(28)26(22)14-11-24-9-12-25(13-10-24)31(29,30)15-8-17-4-2-1-3-5-17/h1-8,15,18-21H,9-14,16H2. The summed E-state index contributed by atoms with van der Waals surface area (Å²) in [5, 5.41) is 1.26. The molecule has 3 fully saturated rings. The van der Waals surface area contributed by atoms with Crippen LogP contribution in [0.5, 0.6) is 0 Å². The van der Waals surface area contributed by atoms with Crippen molar-refractivity contribution < 1.29 is 18.0 Å². The van der Waals surface area contributed by atoms with Gasteiger partial charge in [-0.3, -0.25) is 19.4 Å². The first-order valence-electron chi connectivity index (χ1n) is 10.9. The Bertz CT molecular complexity index is 998. The first-order chi connectivity index (χ1) is 14.9. The van der Waals surface area contributed by atoms with Gasteiger partial charge in [0.1, 0.15) is 0 Å². The van der Waals surface area contributed by atoms with E-state index in [0.29, 0.717) is 39.3 Å². The molecule has 2 amide bonds. The maximum atomic E-state index is 12.8. The van der Waals surface area contributed by atoms with E-state index in [1.54, 1.807) is 6.08 Å². The van der Waals surface area contributed by atoms with E-state index >= 15 is 0 Å². The summed E-state index contributed by atoms with van der Waals surface area (Å²) in [6.45, 7) is 2.98. The molecule has 2 aliphatic heterocycles. The maximum Gasteiger partial charge on any atom is 0.236 e. The molecule has 1 aromatic rings. The molecule has 0 aromatic heterocycles. The van der Waals surface area contributed by atoms with Crippen molar-refractivity contribution in [2.24, 2.45) is 23.7 Å². The van der Waals surface area contributed by atoms with Gasteiger partial charge < -0.3 is 0 Å². The highest BCUT2D eigenvalue weighted by molar-refractivity contribution is 7.92. The normalized spacial score (nSPS) is 31.3.